The van der Waals surface area contributed by atoms with Crippen molar-refractivity contribution in [2.45, 2.75) is 397 Å². The monoisotopic (exact) mass is 1250 g/mol. The van der Waals surface area contributed by atoms with Gasteiger partial charge < -0.3 is 45.1 Å². The molecule has 1 saturated heterocycles. The van der Waals surface area contributed by atoms with E-state index in [0.29, 0.717) is 19.3 Å². The van der Waals surface area contributed by atoms with Crippen molar-refractivity contribution in [3.8, 4) is 0 Å². The average molecular weight is 1250 g/mol. The second-order valence-electron chi connectivity index (χ2n) is 26.0. The van der Waals surface area contributed by atoms with E-state index < -0.39 is 67.4 Å². The number of aliphatic hydroxyl groups is 5. The predicted molar refractivity (Wildman–Crippen MR) is 375 cm³/mol. The van der Waals surface area contributed by atoms with Gasteiger partial charge in [0.2, 0.25) is 5.91 Å². The molecule has 8 atom stereocenters. The van der Waals surface area contributed by atoms with Gasteiger partial charge in [-0.3, -0.25) is 9.59 Å². The minimum absolute atomic E-state index is 0.122. The summed E-state index contributed by atoms with van der Waals surface area (Å²) in [6.45, 7) is 5.78. The molecule has 1 rings (SSSR count). The van der Waals surface area contributed by atoms with Crippen LogP contribution in [0.5, 0.6) is 0 Å². The Hall–Kier alpha value is -2.90. The number of nitrogens with one attached hydrogen (secondary N) is 1. The Labute approximate surface area is 547 Å². The maximum absolute atomic E-state index is 13.5. The van der Waals surface area contributed by atoms with Crippen LogP contribution in [0.4, 0.5) is 0 Å². The molecule has 1 aliphatic rings. The fourth-order valence-electron chi connectivity index (χ4n) is 11.6. The third-order valence-corrected chi connectivity index (χ3v) is 17.6. The minimum atomic E-state index is -1.62. The van der Waals surface area contributed by atoms with Gasteiger partial charge in [-0.1, -0.05) is 318 Å². The number of carbonyl (C=O) groups is 2. The van der Waals surface area contributed by atoms with Crippen LogP contribution in [0.2, 0.25) is 0 Å². The summed E-state index contributed by atoms with van der Waals surface area (Å²) in [7, 11) is 0. The lowest BCUT2D eigenvalue weighted by Gasteiger charge is -2.41. The van der Waals surface area contributed by atoms with E-state index in [1.807, 2.05) is 6.08 Å². The van der Waals surface area contributed by atoms with E-state index in [1.54, 1.807) is 6.08 Å². The molecule has 518 valence electrons. The molecule has 1 heterocycles. The van der Waals surface area contributed by atoms with Gasteiger partial charge in [-0.15, -0.1) is 0 Å². The average Bonchev–Trinajstić information content (AvgIpc) is 1.43. The highest BCUT2D eigenvalue weighted by molar-refractivity contribution is 5.80. The molecule has 11 heteroatoms. The van der Waals surface area contributed by atoms with Crippen molar-refractivity contribution in [3.63, 3.8) is 0 Å². The third-order valence-electron chi connectivity index (χ3n) is 17.6. The Morgan fingerprint density at radius 1 is 0.438 bits per heavy atom. The summed E-state index contributed by atoms with van der Waals surface area (Å²) in [4.78, 5) is 26.7. The lowest BCUT2D eigenvalue weighted by atomic mass is 9.99. The Kier molecular flexibility index (Phi) is 61.6. The highest BCUT2D eigenvalue weighted by Gasteiger charge is 2.47. The van der Waals surface area contributed by atoms with Crippen molar-refractivity contribution >= 4 is 11.9 Å². The van der Waals surface area contributed by atoms with Gasteiger partial charge in [0.05, 0.1) is 25.4 Å². The molecule has 0 saturated carbocycles. The zero-order chi connectivity index (χ0) is 64.6. The van der Waals surface area contributed by atoms with Crippen LogP contribution in [0, 0.1) is 0 Å². The van der Waals surface area contributed by atoms with E-state index in [9.17, 15) is 35.1 Å². The summed E-state index contributed by atoms with van der Waals surface area (Å²) in [5.74, 6) is -1.19. The first-order valence-corrected chi connectivity index (χ1v) is 37.7. The molecule has 0 aromatic carbocycles. The van der Waals surface area contributed by atoms with Gasteiger partial charge in [-0.25, -0.2) is 0 Å². The number of amides is 1. The maximum atomic E-state index is 13.5. The summed E-state index contributed by atoms with van der Waals surface area (Å²) < 4.78 is 17.7. The lowest BCUT2D eigenvalue weighted by molar-refractivity contribution is -0.305. The summed E-state index contributed by atoms with van der Waals surface area (Å²) in [5.41, 5.74) is 0. The Morgan fingerprint density at radius 3 is 1.18 bits per heavy atom. The van der Waals surface area contributed by atoms with Gasteiger partial charge in [0, 0.05) is 6.42 Å². The molecule has 0 aliphatic carbocycles. The summed E-state index contributed by atoms with van der Waals surface area (Å²) in [6.07, 6.45) is 75.2. The molecule has 0 aromatic rings. The van der Waals surface area contributed by atoms with E-state index in [4.69, 9.17) is 14.2 Å². The summed E-state index contributed by atoms with van der Waals surface area (Å²) in [6, 6.07) is -1.03. The molecule has 8 unspecified atom stereocenters. The summed E-state index contributed by atoms with van der Waals surface area (Å²) >= 11 is 0. The van der Waals surface area contributed by atoms with Gasteiger partial charge in [0.1, 0.15) is 24.4 Å². The van der Waals surface area contributed by atoms with Crippen molar-refractivity contribution in [1.82, 2.24) is 5.32 Å². The third kappa shape index (κ3) is 52.2. The first-order valence-electron chi connectivity index (χ1n) is 37.7. The standard InChI is InChI=1S/C78H141NO10/c1-4-7-10-13-16-19-22-24-26-28-30-32-34-35-36-37-38-40-42-44-46-48-51-54-57-60-63-66-73(83)89-76-75(85)74(84)72(67-80)88-78(76)87-68-69(70(81)64-61-58-55-52-49-21-18-15-12-9-6-3)79-77(86)71(82)65-62-59-56-53-50-47-45-43-41-39-33-31-29-27-25-23-20-17-14-11-8-5-2/h16-17,19-20,24-27,30,32,61,64,69-72,74-76,78,80-82,84-85H,4-15,18,21-23,28-29,31,33-60,62-63,65-68H2,1-3H3,(H,79,86)/b19-16-,20-17-,26-24-,27-25-,32-30-,64-61+. The molecule has 1 aliphatic heterocycles. The first kappa shape index (κ1) is 84.1. The molecule has 89 heavy (non-hydrogen) atoms. The number of carbonyl (C=O) groups excluding carboxylic acids is 2. The maximum Gasteiger partial charge on any atom is 0.306 e. The molecule has 1 fully saturated rings. The zero-order valence-corrected chi connectivity index (χ0v) is 57.8. The van der Waals surface area contributed by atoms with Gasteiger partial charge in [0.25, 0.3) is 0 Å². The molecule has 0 radical (unpaired) electrons. The number of hydrogen-bond donors (Lipinski definition) is 6. The van der Waals surface area contributed by atoms with Crippen molar-refractivity contribution < 1.29 is 49.3 Å². The highest BCUT2D eigenvalue weighted by atomic mass is 16.7. The predicted octanol–water partition coefficient (Wildman–Crippen LogP) is 19.9. The Balaban J connectivity index is 2.50. The van der Waals surface area contributed by atoms with E-state index in [0.717, 1.165) is 77.0 Å². The second kappa shape index (κ2) is 65.2. The second-order valence-corrected chi connectivity index (χ2v) is 26.0. The quantitative estimate of drug-likeness (QED) is 0.0195. The largest absolute Gasteiger partial charge is 0.454 e. The lowest BCUT2D eigenvalue weighted by Crippen LogP contribution is -2.61. The Bertz CT molecular complexity index is 1730. The minimum Gasteiger partial charge on any atom is -0.454 e. The molecule has 11 nitrogen and oxygen atoms in total. The normalized spacial score (nSPS) is 18.5. The van der Waals surface area contributed by atoms with Gasteiger partial charge in [0.15, 0.2) is 12.4 Å². The number of rotatable bonds is 65. The van der Waals surface area contributed by atoms with Crippen LogP contribution in [-0.2, 0) is 23.8 Å². The SMILES string of the molecule is CCCCC/C=C\C/C=C\C/C=C\CCCCCCCCCCCCCCCCC(=O)OC1C(OCC(NC(=O)C(O)CCCCCCCCCCCCCC/C=C\C/C=C\CCCCC)C(O)/C=C/CCCCCCCCCCC)OC(CO)C(O)C1O. The Morgan fingerprint density at radius 2 is 0.775 bits per heavy atom. The van der Waals surface area contributed by atoms with Crippen LogP contribution in [0.15, 0.2) is 72.9 Å². The number of ether oxygens (including phenoxy) is 3. The van der Waals surface area contributed by atoms with Crippen molar-refractivity contribution in [2.24, 2.45) is 0 Å². The van der Waals surface area contributed by atoms with E-state index in [1.165, 1.54) is 225 Å². The van der Waals surface area contributed by atoms with E-state index >= 15 is 0 Å². The van der Waals surface area contributed by atoms with E-state index in [2.05, 4.69) is 86.8 Å². The van der Waals surface area contributed by atoms with Crippen LogP contribution < -0.4 is 5.32 Å². The molecule has 1 amide bonds. The van der Waals surface area contributed by atoms with Crippen LogP contribution in [0.3, 0.4) is 0 Å². The van der Waals surface area contributed by atoms with E-state index in [-0.39, 0.29) is 13.0 Å². The van der Waals surface area contributed by atoms with Gasteiger partial charge >= 0.3 is 5.97 Å². The molecular weight excluding hydrogens is 1110 g/mol. The molecule has 6 N–H and O–H groups in total. The zero-order valence-electron chi connectivity index (χ0n) is 57.8. The van der Waals surface area contributed by atoms with Crippen molar-refractivity contribution in [3.05, 3.63) is 72.9 Å². The molecule has 0 spiro atoms. The van der Waals surface area contributed by atoms with Crippen LogP contribution >= 0.6 is 0 Å². The number of esters is 1. The molecular formula is C78H141NO10. The summed E-state index contributed by atoms with van der Waals surface area (Å²) in [5, 5.41) is 57.3. The van der Waals surface area contributed by atoms with Crippen LogP contribution in [-0.4, -0.2) is 99.6 Å². The number of unbranched alkanes of at least 4 members (excludes halogenated alkanes) is 41. The molecule has 0 bridgehead atoms. The van der Waals surface area contributed by atoms with Gasteiger partial charge in [-0.05, 0) is 96.3 Å². The fraction of sp³-hybridized carbons (Fsp3) is 0.821. The van der Waals surface area contributed by atoms with Crippen LogP contribution in [0.1, 0.15) is 348 Å². The topological polar surface area (TPSA) is 175 Å². The van der Waals surface area contributed by atoms with Crippen LogP contribution in [0.25, 0.3) is 0 Å². The smallest absolute Gasteiger partial charge is 0.306 e. The number of allylic oxidation sites excluding steroid dienone is 11. The number of aliphatic hydroxyl groups excluding tert-OH is 5. The van der Waals surface area contributed by atoms with Gasteiger partial charge in [-0.2, -0.15) is 0 Å². The molecule has 0 aromatic heterocycles. The fourth-order valence-corrected chi connectivity index (χ4v) is 11.6. The first-order chi connectivity index (χ1) is 43.7. The van der Waals surface area contributed by atoms with Crippen molar-refractivity contribution in [1.29, 1.82) is 0 Å². The number of hydrogen-bond acceptors (Lipinski definition) is 10. The highest BCUT2D eigenvalue weighted by Crippen LogP contribution is 2.26. The van der Waals surface area contributed by atoms with Crippen molar-refractivity contribution in [2.75, 3.05) is 13.2 Å².